The van der Waals surface area contributed by atoms with Crippen molar-refractivity contribution in [2.24, 2.45) is 7.05 Å². The fourth-order valence-electron chi connectivity index (χ4n) is 2.30. The minimum absolute atomic E-state index is 0.492. The normalized spacial score (nSPS) is 10.9. The second-order valence-electron chi connectivity index (χ2n) is 4.56. The number of nitrogen functional groups attached to an aromatic ring is 1. The molecule has 0 saturated heterocycles. The lowest BCUT2D eigenvalue weighted by atomic mass is 10.1. The summed E-state index contributed by atoms with van der Waals surface area (Å²) in [7, 11) is 3.57. The van der Waals surface area contributed by atoms with Crippen LogP contribution in [0.2, 0.25) is 5.02 Å². The maximum atomic E-state index is 6.13. The second kappa shape index (κ2) is 4.72. The van der Waals surface area contributed by atoms with Crippen molar-refractivity contribution >= 4 is 28.3 Å². The summed E-state index contributed by atoms with van der Waals surface area (Å²) in [4.78, 5) is 4.65. The van der Waals surface area contributed by atoms with Crippen LogP contribution in [0.25, 0.3) is 22.4 Å². The predicted molar refractivity (Wildman–Crippen MR) is 82.1 cm³/mol. The van der Waals surface area contributed by atoms with E-state index in [1.807, 2.05) is 35.9 Å². The third kappa shape index (κ3) is 1.89. The van der Waals surface area contributed by atoms with Gasteiger partial charge in [-0.2, -0.15) is 0 Å². The SMILES string of the molecule is COc1cc(N)c(Cl)cc1-c1nc2ccccc2n1C. The maximum absolute atomic E-state index is 6.13. The number of aryl methyl sites for hydroxylation is 1. The predicted octanol–water partition coefficient (Wildman–Crippen LogP) is 3.48. The summed E-state index contributed by atoms with van der Waals surface area (Å²) < 4.78 is 7.41. The van der Waals surface area contributed by atoms with E-state index in [1.54, 1.807) is 19.2 Å². The minimum Gasteiger partial charge on any atom is -0.496 e. The quantitative estimate of drug-likeness (QED) is 0.734. The van der Waals surface area contributed by atoms with Crippen LogP contribution in [0.1, 0.15) is 0 Å². The van der Waals surface area contributed by atoms with Gasteiger partial charge in [0, 0.05) is 13.1 Å². The molecule has 20 heavy (non-hydrogen) atoms. The number of para-hydroxylation sites is 2. The number of aromatic nitrogens is 2. The molecule has 2 N–H and O–H groups in total. The van der Waals surface area contributed by atoms with Crippen molar-refractivity contribution in [3.05, 3.63) is 41.4 Å². The minimum atomic E-state index is 0.492. The molecule has 102 valence electrons. The fraction of sp³-hybridized carbons (Fsp3) is 0.133. The van der Waals surface area contributed by atoms with E-state index in [1.165, 1.54) is 0 Å². The van der Waals surface area contributed by atoms with Crippen LogP contribution in [0, 0.1) is 0 Å². The maximum Gasteiger partial charge on any atom is 0.144 e. The average molecular weight is 288 g/mol. The summed E-state index contributed by atoms with van der Waals surface area (Å²) in [6.45, 7) is 0. The van der Waals surface area contributed by atoms with E-state index in [0.717, 1.165) is 22.4 Å². The number of nitrogens with two attached hydrogens (primary N) is 1. The highest BCUT2D eigenvalue weighted by molar-refractivity contribution is 6.33. The summed E-state index contributed by atoms with van der Waals surface area (Å²) in [5.74, 6) is 1.45. The Labute approximate surface area is 121 Å². The Balaban J connectivity index is 2.30. The lowest BCUT2D eigenvalue weighted by molar-refractivity contribution is 0.416. The van der Waals surface area contributed by atoms with Gasteiger partial charge in [0.15, 0.2) is 0 Å². The molecular weight excluding hydrogens is 274 g/mol. The molecule has 0 spiro atoms. The van der Waals surface area contributed by atoms with Crippen LogP contribution in [-0.2, 0) is 7.05 Å². The highest BCUT2D eigenvalue weighted by Gasteiger charge is 2.15. The number of nitrogens with zero attached hydrogens (tertiary/aromatic N) is 2. The second-order valence-corrected chi connectivity index (χ2v) is 4.96. The van der Waals surface area contributed by atoms with Crippen molar-refractivity contribution in [2.75, 3.05) is 12.8 Å². The number of benzene rings is 2. The molecule has 0 aliphatic rings. The summed E-state index contributed by atoms with van der Waals surface area (Å²) in [5, 5.41) is 0.493. The average Bonchev–Trinajstić information content (AvgIpc) is 2.79. The van der Waals surface area contributed by atoms with Crippen molar-refractivity contribution in [1.29, 1.82) is 0 Å². The highest BCUT2D eigenvalue weighted by atomic mass is 35.5. The molecule has 0 aliphatic carbocycles. The van der Waals surface area contributed by atoms with Gasteiger partial charge in [-0.1, -0.05) is 23.7 Å². The van der Waals surface area contributed by atoms with Gasteiger partial charge in [0.2, 0.25) is 0 Å². The molecule has 0 radical (unpaired) electrons. The first kappa shape index (κ1) is 12.8. The van der Waals surface area contributed by atoms with Crippen molar-refractivity contribution in [1.82, 2.24) is 9.55 Å². The Kier molecular flexibility index (Phi) is 3.03. The van der Waals surface area contributed by atoms with Crippen molar-refractivity contribution in [3.63, 3.8) is 0 Å². The molecule has 0 fully saturated rings. The van der Waals surface area contributed by atoms with E-state index in [2.05, 4.69) is 4.98 Å². The zero-order valence-electron chi connectivity index (χ0n) is 11.2. The van der Waals surface area contributed by atoms with Crippen LogP contribution in [0.5, 0.6) is 5.75 Å². The summed E-state index contributed by atoms with van der Waals surface area (Å²) >= 11 is 6.13. The van der Waals surface area contributed by atoms with Crippen molar-refractivity contribution in [2.45, 2.75) is 0 Å². The van der Waals surface area contributed by atoms with Gasteiger partial charge in [0.25, 0.3) is 0 Å². The number of ether oxygens (including phenoxy) is 1. The topological polar surface area (TPSA) is 53.1 Å². The molecule has 0 aliphatic heterocycles. The van der Waals surface area contributed by atoms with Crippen LogP contribution in [0.15, 0.2) is 36.4 Å². The lowest BCUT2D eigenvalue weighted by Gasteiger charge is -2.10. The number of rotatable bonds is 2. The number of hydrogen-bond acceptors (Lipinski definition) is 3. The van der Waals surface area contributed by atoms with Gasteiger partial charge in [-0.3, -0.25) is 0 Å². The zero-order valence-corrected chi connectivity index (χ0v) is 12.0. The molecule has 0 amide bonds. The number of fused-ring (bicyclic) bond motifs is 1. The number of hydrogen-bond donors (Lipinski definition) is 1. The summed E-state index contributed by atoms with van der Waals surface area (Å²) in [5.41, 5.74) is 9.12. The Bertz CT molecular complexity index is 795. The van der Waals surface area contributed by atoms with E-state index in [9.17, 15) is 0 Å². The first-order valence-corrected chi connectivity index (χ1v) is 6.54. The number of imidazole rings is 1. The van der Waals surface area contributed by atoms with E-state index < -0.39 is 0 Å². The van der Waals surface area contributed by atoms with Crippen LogP contribution in [0.4, 0.5) is 5.69 Å². The molecule has 1 aromatic heterocycles. The van der Waals surface area contributed by atoms with E-state index >= 15 is 0 Å². The molecule has 3 rings (SSSR count). The van der Waals surface area contributed by atoms with Crippen LogP contribution in [-0.4, -0.2) is 16.7 Å². The van der Waals surface area contributed by atoms with E-state index in [0.29, 0.717) is 16.5 Å². The first-order chi connectivity index (χ1) is 9.61. The van der Waals surface area contributed by atoms with Crippen molar-refractivity contribution in [3.8, 4) is 17.1 Å². The first-order valence-electron chi connectivity index (χ1n) is 6.16. The number of halogens is 1. The Morgan fingerprint density at radius 2 is 2.00 bits per heavy atom. The molecule has 2 aromatic carbocycles. The Morgan fingerprint density at radius 1 is 1.25 bits per heavy atom. The lowest BCUT2D eigenvalue weighted by Crippen LogP contribution is -1.97. The van der Waals surface area contributed by atoms with Gasteiger partial charge in [-0.05, 0) is 18.2 Å². The molecule has 5 heteroatoms. The molecular formula is C15H14ClN3O. The highest BCUT2D eigenvalue weighted by Crippen LogP contribution is 2.36. The Morgan fingerprint density at radius 3 is 2.70 bits per heavy atom. The van der Waals surface area contributed by atoms with Gasteiger partial charge in [-0.15, -0.1) is 0 Å². The Hall–Kier alpha value is -2.20. The number of anilines is 1. The van der Waals surface area contributed by atoms with Crippen LogP contribution < -0.4 is 10.5 Å². The summed E-state index contributed by atoms with van der Waals surface area (Å²) in [6, 6.07) is 11.5. The monoisotopic (exact) mass is 287 g/mol. The molecule has 0 unspecified atom stereocenters. The fourth-order valence-corrected chi connectivity index (χ4v) is 2.46. The van der Waals surface area contributed by atoms with Gasteiger partial charge in [0.1, 0.15) is 11.6 Å². The van der Waals surface area contributed by atoms with Crippen LogP contribution in [0.3, 0.4) is 0 Å². The smallest absolute Gasteiger partial charge is 0.144 e. The molecule has 1 heterocycles. The summed E-state index contributed by atoms with van der Waals surface area (Å²) in [6.07, 6.45) is 0. The standard InChI is InChI=1S/C15H14ClN3O/c1-19-13-6-4-3-5-12(13)18-15(19)9-7-10(16)11(17)8-14(9)20-2/h3-8H,17H2,1-2H3. The zero-order chi connectivity index (χ0) is 14.3. The van der Waals surface area contributed by atoms with Crippen molar-refractivity contribution < 1.29 is 4.74 Å². The van der Waals surface area contributed by atoms with Gasteiger partial charge >= 0.3 is 0 Å². The molecule has 3 aromatic rings. The van der Waals surface area contributed by atoms with Crippen LogP contribution >= 0.6 is 11.6 Å². The van der Waals surface area contributed by atoms with Gasteiger partial charge < -0.3 is 15.0 Å². The van der Waals surface area contributed by atoms with Gasteiger partial charge in [-0.25, -0.2) is 4.98 Å². The molecule has 4 nitrogen and oxygen atoms in total. The van der Waals surface area contributed by atoms with E-state index in [4.69, 9.17) is 22.1 Å². The molecule has 0 bridgehead atoms. The third-order valence-corrected chi connectivity index (χ3v) is 3.67. The largest absolute Gasteiger partial charge is 0.496 e. The third-order valence-electron chi connectivity index (χ3n) is 3.35. The molecule has 0 atom stereocenters. The number of methoxy groups -OCH3 is 1. The molecule has 0 saturated carbocycles. The van der Waals surface area contributed by atoms with E-state index in [-0.39, 0.29) is 0 Å². The van der Waals surface area contributed by atoms with Gasteiger partial charge in [0.05, 0.1) is 34.4 Å².